The van der Waals surface area contributed by atoms with Gasteiger partial charge in [0, 0.05) is 16.5 Å². The Morgan fingerprint density at radius 1 is 1.33 bits per heavy atom. The van der Waals surface area contributed by atoms with Crippen molar-refractivity contribution in [2.75, 3.05) is 0 Å². The van der Waals surface area contributed by atoms with E-state index in [-0.39, 0.29) is 0 Å². The highest BCUT2D eigenvalue weighted by molar-refractivity contribution is 6.30. The summed E-state index contributed by atoms with van der Waals surface area (Å²) in [6.45, 7) is 0. The van der Waals surface area contributed by atoms with E-state index >= 15 is 0 Å². The second-order valence-electron chi connectivity index (χ2n) is 2.58. The van der Waals surface area contributed by atoms with Crippen LogP contribution in [0.1, 0.15) is 10.4 Å². The van der Waals surface area contributed by atoms with Gasteiger partial charge >= 0.3 is 0 Å². The Hall–Kier alpha value is -1.28. The number of aromatic amines is 1. The van der Waals surface area contributed by atoms with E-state index in [4.69, 9.17) is 11.6 Å². The zero-order valence-electron chi connectivity index (χ0n) is 6.17. The number of fused-ring (bicyclic) bond motifs is 1. The fraction of sp³-hybridized carbons (Fsp3) is 0. The molecule has 0 aliphatic rings. The third-order valence-corrected chi connectivity index (χ3v) is 1.95. The van der Waals surface area contributed by atoms with E-state index < -0.39 is 0 Å². The molecule has 2 rings (SSSR count). The molecule has 3 heteroatoms. The molecule has 12 heavy (non-hydrogen) atoms. The summed E-state index contributed by atoms with van der Waals surface area (Å²) in [6.07, 6.45) is 0.814. The minimum atomic E-state index is 0.591. The van der Waals surface area contributed by atoms with Crippen LogP contribution in [0.2, 0.25) is 5.15 Å². The summed E-state index contributed by atoms with van der Waals surface area (Å²) in [5.41, 5.74) is 1.55. The highest BCUT2D eigenvalue weighted by atomic mass is 35.5. The van der Waals surface area contributed by atoms with Crippen LogP contribution in [0.5, 0.6) is 0 Å². The van der Waals surface area contributed by atoms with Crippen molar-refractivity contribution in [3.05, 3.63) is 35.0 Å². The van der Waals surface area contributed by atoms with Gasteiger partial charge < -0.3 is 4.98 Å². The Labute approximate surface area is 74.2 Å². The van der Waals surface area contributed by atoms with Crippen LogP contribution in [0.3, 0.4) is 0 Å². The number of H-pyrrole nitrogens is 1. The molecule has 1 heterocycles. The van der Waals surface area contributed by atoms with E-state index in [0.29, 0.717) is 10.7 Å². The fourth-order valence-corrected chi connectivity index (χ4v) is 1.40. The molecule has 0 amide bonds. The highest BCUT2D eigenvalue weighted by Crippen LogP contribution is 2.19. The lowest BCUT2D eigenvalue weighted by atomic mass is 10.2. The molecule has 1 N–H and O–H groups in total. The van der Waals surface area contributed by atoms with E-state index in [1.807, 2.05) is 12.1 Å². The molecule has 0 unspecified atom stereocenters. The first-order valence-electron chi connectivity index (χ1n) is 3.53. The molecule has 0 saturated carbocycles. The maximum absolute atomic E-state index is 10.4. The lowest BCUT2D eigenvalue weighted by Gasteiger charge is -1.89. The monoisotopic (exact) mass is 179 g/mol. The molecule has 0 saturated heterocycles. The Morgan fingerprint density at radius 3 is 2.92 bits per heavy atom. The van der Waals surface area contributed by atoms with Gasteiger partial charge in [0.15, 0.2) is 0 Å². The molecular formula is C9H6ClNO. The van der Waals surface area contributed by atoms with Crippen molar-refractivity contribution in [2.24, 2.45) is 0 Å². The number of nitrogens with one attached hydrogen (secondary N) is 1. The molecule has 2 aromatic rings. The maximum Gasteiger partial charge on any atom is 0.150 e. The molecule has 0 spiro atoms. The minimum absolute atomic E-state index is 0.591. The predicted molar refractivity (Wildman–Crippen MR) is 48.7 cm³/mol. The van der Waals surface area contributed by atoms with Crippen LogP contribution in [0.25, 0.3) is 10.9 Å². The molecular weight excluding hydrogens is 174 g/mol. The van der Waals surface area contributed by atoms with E-state index in [1.54, 1.807) is 12.1 Å². The van der Waals surface area contributed by atoms with E-state index in [2.05, 4.69) is 4.98 Å². The second-order valence-corrected chi connectivity index (χ2v) is 2.99. The zero-order chi connectivity index (χ0) is 8.55. The van der Waals surface area contributed by atoms with Crippen LogP contribution >= 0.6 is 11.6 Å². The highest BCUT2D eigenvalue weighted by Gasteiger charge is 1.98. The molecule has 0 bridgehead atoms. The van der Waals surface area contributed by atoms with E-state index in [1.165, 1.54) is 0 Å². The summed E-state index contributed by atoms with van der Waals surface area (Å²) in [5, 5.41) is 1.61. The third kappa shape index (κ3) is 1.10. The number of aldehydes is 1. The quantitative estimate of drug-likeness (QED) is 0.671. The van der Waals surface area contributed by atoms with Gasteiger partial charge in [0.1, 0.15) is 11.4 Å². The summed E-state index contributed by atoms with van der Waals surface area (Å²) < 4.78 is 0. The van der Waals surface area contributed by atoms with Crippen molar-refractivity contribution in [3.8, 4) is 0 Å². The van der Waals surface area contributed by atoms with Crippen LogP contribution in [-0.4, -0.2) is 11.3 Å². The van der Waals surface area contributed by atoms with Crippen molar-refractivity contribution in [1.82, 2.24) is 4.98 Å². The molecule has 1 aromatic heterocycles. The largest absolute Gasteiger partial charge is 0.346 e. The van der Waals surface area contributed by atoms with Gasteiger partial charge in [0.2, 0.25) is 0 Å². The van der Waals surface area contributed by atoms with Crippen molar-refractivity contribution < 1.29 is 4.79 Å². The van der Waals surface area contributed by atoms with E-state index in [9.17, 15) is 4.79 Å². The number of hydrogen-bond donors (Lipinski definition) is 1. The summed E-state index contributed by atoms with van der Waals surface area (Å²) in [5.74, 6) is 0. The lowest BCUT2D eigenvalue weighted by molar-refractivity contribution is 0.112. The summed E-state index contributed by atoms with van der Waals surface area (Å²) in [6, 6.07) is 7.22. The average Bonchev–Trinajstić information content (AvgIpc) is 2.43. The van der Waals surface area contributed by atoms with Gasteiger partial charge in [-0.1, -0.05) is 23.7 Å². The lowest BCUT2D eigenvalue weighted by Crippen LogP contribution is -1.77. The van der Waals surface area contributed by atoms with Crippen LogP contribution in [0.4, 0.5) is 0 Å². The van der Waals surface area contributed by atoms with Gasteiger partial charge in [-0.05, 0) is 12.1 Å². The molecule has 1 aromatic carbocycles. The topological polar surface area (TPSA) is 32.9 Å². The second kappa shape index (κ2) is 2.64. The minimum Gasteiger partial charge on any atom is -0.346 e. The molecule has 0 fully saturated rings. The number of halogens is 1. The van der Waals surface area contributed by atoms with Crippen molar-refractivity contribution >= 4 is 28.8 Å². The van der Waals surface area contributed by atoms with Gasteiger partial charge in [-0.15, -0.1) is 0 Å². The van der Waals surface area contributed by atoms with Crippen molar-refractivity contribution in [1.29, 1.82) is 0 Å². The van der Waals surface area contributed by atoms with Crippen LogP contribution in [0.15, 0.2) is 24.3 Å². The first-order valence-corrected chi connectivity index (χ1v) is 3.91. The molecule has 2 nitrogen and oxygen atoms in total. The van der Waals surface area contributed by atoms with Gasteiger partial charge in [-0.3, -0.25) is 4.79 Å². The number of hydrogen-bond acceptors (Lipinski definition) is 1. The SMILES string of the molecule is O=Cc1ccc2cc(Cl)[nH]c2c1. The van der Waals surface area contributed by atoms with E-state index in [0.717, 1.165) is 17.2 Å². The first-order chi connectivity index (χ1) is 5.79. The zero-order valence-corrected chi connectivity index (χ0v) is 6.93. The molecule has 60 valence electrons. The van der Waals surface area contributed by atoms with Crippen molar-refractivity contribution in [2.45, 2.75) is 0 Å². The van der Waals surface area contributed by atoms with Gasteiger partial charge in [-0.25, -0.2) is 0 Å². The van der Waals surface area contributed by atoms with Crippen LogP contribution < -0.4 is 0 Å². The molecule has 0 aliphatic carbocycles. The maximum atomic E-state index is 10.4. The Kier molecular flexibility index (Phi) is 1.62. The fourth-order valence-electron chi connectivity index (χ4n) is 1.18. The summed E-state index contributed by atoms with van der Waals surface area (Å²) in [4.78, 5) is 13.3. The number of carbonyl (C=O) groups excluding carboxylic acids is 1. The number of benzene rings is 1. The summed E-state index contributed by atoms with van der Waals surface area (Å²) in [7, 11) is 0. The van der Waals surface area contributed by atoms with Crippen LogP contribution in [-0.2, 0) is 0 Å². The molecule has 0 aliphatic heterocycles. The Morgan fingerprint density at radius 2 is 2.17 bits per heavy atom. The Balaban J connectivity index is 2.74. The third-order valence-electron chi connectivity index (χ3n) is 1.75. The normalized spacial score (nSPS) is 10.4. The average molecular weight is 180 g/mol. The number of carbonyl (C=O) groups is 1. The first kappa shape index (κ1) is 7.37. The smallest absolute Gasteiger partial charge is 0.150 e. The molecule has 0 radical (unpaired) electrons. The van der Waals surface area contributed by atoms with Gasteiger partial charge in [-0.2, -0.15) is 0 Å². The predicted octanol–water partition coefficient (Wildman–Crippen LogP) is 2.63. The summed E-state index contributed by atoms with van der Waals surface area (Å²) >= 11 is 5.73. The number of aromatic nitrogens is 1. The molecule has 0 atom stereocenters. The van der Waals surface area contributed by atoms with Crippen molar-refractivity contribution in [3.63, 3.8) is 0 Å². The van der Waals surface area contributed by atoms with Crippen LogP contribution in [0, 0.1) is 0 Å². The van der Waals surface area contributed by atoms with Gasteiger partial charge in [0.25, 0.3) is 0 Å². The van der Waals surface area contributed by atoms with Gasteiger partial charge in [0.05, 0.1) is 0 Å². The Bertz CT molecular complexity index is 433. The standard InChI is InChI=1S/C9H6ClNO/c10-9-4-7-2-1-6(5-12)3-8(7)11-9/h1-5,11H. The number of rotatable bonds is 1.